The fourth-order valence-electron chi connectivity index (χ4n) is 1.69. The molecule has 4 heteroatoms. The van der Waals surface area contributed by atoms with E-state index in [2.05, 4.69) is 11.4 Å². The van der Waals surface area contributed by atoms with Crippen molar-refractivity contribution in [3.63, 3.8) is 0 Å². The highest BCUT2D eigenvalue weighted by atomic mass is 16.2. The van der Waals surface area contributed by atoms with Gasteiger partial charge in [0.25, 0.3) is 0 Å². The molecular weight excluding hydrogens is 178 g/mol. The Labute approximate surface area is 84.9 Å². The topological polar surface area (TPSA) is 56.1 Å². The van der Waals surface area contributed by atoms with Gasteiger partial charge in [0, 0.05) is 19.6 Å². The largest absolute Gasteiger partial charge is 0.344 e. The van der Waals surface area contributed by atoms with Crippen molar-refractivity contribution in [3.8, 4) is 6.07 Å². The average Bonchev–Trinajstić information content (AvgIpc) is 2.49. The number of nitriles is 1. The predicted octanol–water partition coefficient (Wildman–Crippen LogP) is 0.499. The molecule has 2 atom stereocenters. The van der Waals surface area contributed by atoms with Crippen molar-refractivity contribution >= 4 is 5.91 Å². The van der Waals surface area contributed by atoms with Crippen LogP contribution in [0.1, 0.15) is 26.2 Å². The highest BCUT2D eigenvalue weighted by Gasteiger charge is 2.29. The van der Waals surface area contributed by atoms with E-state index in [0.29, 0.717) is 6.42 Å². The first-order valence-electron chi connectivity index (χ1n) is 5.07. The van der Waals surface area contributed by atoms with Crippen molar-refractivity contribution in [2.24, 2.45) is 0 Å². The van der Waals surface area contributed by atoms with Gasteiger partial charge < -0.3 is 10.2 Å². The Balaban J connectivity index is 2.44. The van der Waals surface area contributed by atoms with E-state index in [0.717, 1.165) is 19.4 Å². The minimum atomic E-state index is -0.0710. The molecule has 78 valence electrons. The highest BCUT2D eigenvalue weighted by molar-refractivity contribution is 5.83. The van der Waals surface area contributed by atoms with E-state index >= 15 is 0 Å². The second-order valence-corrected chi connectivity index (χ2v) is 3.74. The monoisotopic (exact) mass is 195 g/mol. The standard InChI is InChI=1S/C10H17N3O/c1-3-8(4-6-11)12-9-5-7-13(2)10(9)14/h8-9,12H,3-5,7H2,1-2H3. The lowest BCUT2D eigenvalue weighted by Crippen LogP contribution is -2.42. The van der Waals surface area contributed by atoms with Gasteiger partial charge in [-0.3, -0.25) is 4.79 Å². The van der Waals surface area contributed by atoms with E-state index in [1.54, 1.807) is 4.90 Å². The molecule has 2 unspecified atom stereocenters. The fraction of sp³-hybridized carbons (Fsp3) is 0.800. The molecule has 1 amide bonds. The molecule has 1 saturated heterocycles. The third-order valence-corrected chi connectivity index (χ3v) is 2.69. The molecule has 4 nitrogen and oxygen atoms in total. The summed E-state index contributed by atoms with van der Waals surface area (Å²) in [5, 5.41) is 11.8. The zero-order chi connectivity index (χ0) is 10.6. The summed E-state index contributed by atoms with van der Waals surface area (Å²) >= 11 is 0. The van der Waals surface area contributed by atoms with Gasteiger partial charge in [0.2, 0.25) is 5.91 Å². The van der Waals surface area contributed by atoms with Crippen molar-refractivity contribution in [2.75, 3.05) is 13.6 Å². The van der Waals surface area contributed by atoms with Crippen LogP contribution in [0.15, 0.2) is 0 Å². The number of amides is 1. The van der Waals surface area contributed by atoms with Crippen LogP contribution in [0.5, 0.6) is 0 Å². The van der Waals surface area contributed by atoms with E-state index in [1.165, 1.54) is 0 Å². The van der Waals surface area contributed by atoms with Gasteiger partial charge in [-0.15, -0.1) is 0 Å². The summed E-state index contributed by atoms with van der Waals surface area (Å²) in [5.41, 5.74) is 0. The van der Waals surface area contributed by atoms with Crippen LogP contribution in [0.2, 0.25) is 0 Å². The Hall–Kier alpha value is -1.08. The molecule has 0 aromatic rings. The van der Waals surface area contributed by atoms with Gasteiger partial charge in [-0.05, 0) is 12.8 Å². The molecule has 14 heavy (non-hydrogen) atoms. The van der Waals surface area contributed by atoms with E-state index in [1.807, 2.05) is 14.0 Å². The van der Waals surface area contributed by atoms with Crippen LogP contribution in [0.3, 0.4) is 0 Å². The van der Waals surface area contributed by atoms with Crippen molar-refractivity contribution in [2.45, 2.75) is 38.3 Å². The number of carbonyl (C=O) groups is 1. The summed E-state index contributed by atoms with van der Waals surface area (Å²) in [6.07, 6.45) is 2.22. The lowest BCUT2D eigenvalue weighted by atomic mass is 10.1. The van der Waals surface area contributed by atoms with Crippen molar-refractivity contribution in [1.29, 1.82) is 5.26 Å². The van der Waals surface area contributed by atoms with Gasteiger partial charge in [0.15, 0.2) is 0 Å². The molecule has 1 aliphatic heterocycles. The van der Waals surface area contributed by atoms with Crippen molar-refractivity contribution in [1.82, 2.24) is 10.2 Å². The van der Waals surface area contributed by atoms with Crippen LogP contribution >= 0.6 is 0 Å². The molecule has 0 saturated carbocycles. The van der Waals surface area contributed by atoms with Gasteiger partial charge >= 0.3 is 0 Å². The number of hydrogen-bond donors (Lipinski definition) is 1. The Morgan fingerprint density at radius 3 is 2.93 bits per heavy atom. The number of likely N-dealkylation sites (N-methyl/N-ethyl adjacent to an activating group) is 1. The maximum atomic E-state index is 11.5. The van der Waals surface area contributed by atoms with Gasteiger partial charge in [0.1, 0.15) is 0 Å². The third-order valence-electron chi connectivity index (χ3n) is 2.69. The molecule has 0 radical (unpaired) electrons. The minimum Gasteiger partial charge on any atom is -0.344 e. The van der Waals surface area contributed by atoms with Crippen LogP contribution < -0.4 is 5.32 Å². The number of rotatable bonds is 4. The second-order valence-electron chi connectivity index (χ2n) is 3.74. The van der Waals surface area contributed by atoms with Crippen LogP contribution in [-0.2, 0) is 4.79 Å². The number of hydrogen-bond acceptors (Lipinski definition) is 3. The molecule has 1 heterocycles. The molecule has 1 rings (SSSR count). The fourth-order valence-corrected chi connectivity index (χ4v) is 1.69. The minimum absolute atomic E-state index is 0.0710. The van der Waals surface area contributed by atoms with Gasteiger partial charge in [-0.25, -0.2) is 0 Å². The lowest BCUT2D eigenvalue weighted by molar-refractivity contribution is -0.128. The average molecular weight is 195 g/mol. The summed E-state index contributed by atoms with van der Waals surface area (Å²) < 4.78 is 0. The Morgan fingerprint density at radius 1 is 1.79 bits per heavy atom. The maximum Gasteiger partial charge on any atom is 0.239 e. The summed E-state index contributed by atoms with van der Waals surface area (Å²) in [7, 11) is 1.81. The van der Waals surface area contributed by atoms with Crippen molar-refractivity contribution in [3.05, 3.63) is 0 Å². The number of nitrogens with zero attached hydrogens (tertiary/aromatic N) is 2. The normalized spacial score (nSPS) is 23.6. The number of nitrogens with one attached hydrogen (secondary N) is 1. The first-order chi connectivity index (χ1) is 6.69. The quantitative estimate of drug-likeness (QED) is 0.710. The first kappa shape index (κ1) is 11.0. The third kappa shape index (κ3) is 2.46. The zero-order valence-electron chi connectivity index (χ0n) is 8.79. The molecule has 0 spiro atoms. The van der Waals surface area contributed by atoms with Crippen molar-refractivity contribution < 1.29 is 4.79 Å². The maximum absolute atomic E-state index is 11.5. The van der Waals surface area contributed by atoms with Crippen LogP contribution in [-0.4, -0.2) is 36.5 Å². The van der Waals surface area contributed by atoms with E-state index < -0.39 is 0 Å². The summed E-state index contributed by atoms with van der Waals surface area (Å²) in [4.78, 5) is 13.3. The van der Waals surface area contributed by atoms with Gasteiger partial charge in [0.05, 0.1) is 18.5 Å². The summed E-state index contributed by atoms with van der Waals surface area (Å²) in [6.45, 7) is 2.84. The van der Waals surface area contributed by atoms with Crippen LogP contribution in [0.4, 0.5) is 0 Å². The molecule has 0 aliphatic carbocycles. The Kier molecular flexibility index (Phi) is 3.90. The molecule has 1 N–H and O–H groups in total. The van der Waals surface area contributed by atoms with E-state index in [-0.39, 0.29) is 18.0 Å². The Morgan fingerprint density at radius 2 is 2.50 bits per heavy atom. The first-order valence-corrected chi connectivity index (χ1v) is 5.07. The Bertz CT molecular complexity index is 246. The molecular formula is C10H17N3O. The van der Waals surface area contributed by atoms with Gasteiger partial charge in [-0.1, -0.05) is 6.92 Å². The molecule has 0 bridgehead atoms. The summed E-state index contributed by atoms with van der Waals surface area (Å²) in [5.74, 6) is 0.154. The smallest absolute Gasteiger partial charge is 0.239 e. The number of likely N-dealkylation sites (tertiary alicyclic amines) is 1. The van der Waals surface area contributed by atoms with E-state index in [9.17, 15) is 4.79 Å². The zero-order valence-corrected chi connectivity index (χ0v) is 8.79. The SMILES string of the molecule is CCC(CC#N)NC1CCN(C)C1=O. The van der Waals surface area contributed by atoms with E-state index in [4.69, 9.17) is 5.26 Å². The van der Waals surface area contributed by atoms with Crippen LogP contribution in [0.25, 0.3) is 0 Å². The number of carbonyl (C=O) groups excluding carboxylic acids is 1. The highest BCUT2D eigenvalue weighted by Crippen LogP contribution is 2.10. The second kappa shape index (κ2) is 4.97. The molecule has 1 aliphatic rings. The lowest BCUT2D eigenvalue weighted by Gasteiger charge is -2.18. The molecule has 1 fully saturated rings. The molecule has 0 aromatic carbocycles. The molecule has 0 aromatic heterocycles. The van der Waals surface area contributed by atoms with Crippen LogP contribution in [0, 0.1) is 11.3 Å². The van der Waals surface area contributed by atoms with Gasteiger partial charge in [-0.2, -0.15) is 5.26 Å². The summed E-state index contributed by atoms with van der Waals surface area (Å²) in [6, 6.07) is 2.21. The predicted molar refractivity (Wildman–Crippen MR) is 53.5 cm³/mol.